The number of nitrogens with zero attached hydrogens (tertiary/aromatic N) is 1. The molecule has 2 aromatic carbocycles. The van der Waals surface area contributed by atoms with Crippen molar-refractivity contribution in [1.82, 2.24) is 10.6 Å². The van der Waals surface area contributed by atoms with Gasteiger partial charge in [-0.2, -0.15) is 0 Å². The van der Waals surface area contributed by atoms with Crippen molar-refractivity contribution in [1.29, 1.82) is 0 Å². The lowest BCUT2D eigenvalue weighted by atomic mass is 10.1. The number of aliphatic imine (C=N–C) groups is 1. The van der Waals surface area contributed by atoms with Crippen molar-refractivity contribution >= 4 is 15.8 Å². The molecule has 0 aliphatic heterocycles. The first-order valence-corrected chi connectivity index (χ1v) is 11.6. The van der Waals surface area contributed by atoms with E-state index in [9.17, 15) is 8.42 Å². The minimum absolute atomic E-state index is 0.384. The lowest BCUT2D eigenvalue weighted by Crippen LogP contribution is -2.37. The third-order valence-electron chi connectivity index (χ3n) is 4.60. The van der Waals surface area contributed by atoms with Crippen LogP contribution in [0.15, 0.2) is 58.4 Å². The van der Waals surface area contributed by atoms with Crippen LogP contribution in [0.25, 0.3) is 0 Å². The lowest BCUT2D eigenvalue weighted by Gasteiger charge is -2.13. The second-order valence-electron chi connectivity index (χ2n) is 7.02. The number of guanidine groups is 1. The smallest absolute Gasteiger partial charge is 0.191 e. The van der Waals surface area contributed by atoms with Crippen LogP contribution >= 0.6 is 0 Å². The first-order chi connectivity index (χ1) is 13.4. The van der Waals surface area contributed by atoms with Crippen molar-refractivity contribution in [2.24, 2.45) is 4.99 Å². The topological polar surface area (TPSA) is 70.6 Å². The fourth-order valence-electron chi connectivity index (χ4n) is 3.13. The fourth-order valence-corrected chi connectivity index (χ4v) is 4.09. The van der Waals surface area contributed by atoms with Gasteiger partial charge < -0.3 is 10.6 Å². The standard InChI is InChI=1S/C22H31N3O2S/c1-18-16-20(13-14-21(18)28(3,26)27)17-25-22(23-2)24-15-9-5-8-12-19-10-6-4-7-11-19/h4,6-7,10-11,13-14,16H,5,8-9,12,15,17H2,1-3H3,(H2,23,24,25). The summed E-state index contributed by atoms with van der Waals surface area (Å²) in [5, 5.41) is 6.61. The Labute approximate surface area is 169 Å². The minimum Gasteiger partial charge on any atom is -0.356 e. The Morgan fingerprint density at radius 3 is 2.36 bits per heavy atom. The fraction of sp³-hybridized carbons (Fsp3) is 0.409. The molecule has 2 rings (SSSR count). The summed E-state index contributed by atoms with van der Waals surface area (Å²) in [6.45, 7) is 3.29. The van der Waals surface area contributed by atoms with E-state index in [4.69, 9.17) is 0 Å². The average molecular weight is 402 g/mol. The molecule has 0 aliphatic carbocycles. The Balaban J connectivity index is 1.69. The molecule has 2 N–H and O–H groups in total. The van der Waals surface area contributed by atoms with Crippen molar-refractivity contribution in [2.75, 3.05) is 19.8 Å². The van der Waals surface area contributed by atoms with E-state index < -0.39 is 9.84 Å². The van der Waals surface area contributed by atoms with E-state index in [1.807, 2.05) is 25.1 Å². The number of aryl methyl sites for hydroxylation is 2. The summed E-state index contributed by atoms with van der Waals surface area (Å²) >= 11 is 0. The maximum absolute atomic E-state index is 11.7. The van der Waals surface area contributed by atoms with E-state index in [0.29, 0.717) is 11.4 Å². The van der Waals surface area contributed by atoms with E-state index in [2.05, 4.69) is 39.9 Å². The summed E-state index contributed by atoms with van der Waals surface area (Å²) in [7, 11) is -1.43. The molecule has 0 fully saturated rings. The SMILES string of the molecule is CN=C(NCCCCCc1ccccc1)NCc1ccc(S(C)(=O)=O)c(C)c1. The van der Waals surface area contributed by atoms with Gasteiger partial charge in [-0.25, -0.2) is 8.42 Å². The number of hydrogen-bond donors (Lipinski definition) is 2. The first-order valence-electron chi connectivity index (χ1n) is 9.68. The van der Waals surface area contributed by atoms with Gasteiger partial charge >= 0.3 is 0 Å². The molecule has 0 aliphatic rings. The van der Waals surface area contributed by atoms with E-state index >= 15 is 0 Å². The predicted molar refractivity (Wildman–Crippen MR) is 116 cm³/mol. The Kier molecular flexibility index (Phi) is 8.51. The molecular formula is C22H31N3O2S. The molecule has 0 spiro atoms. The van der Waals surface area contributed by atoms with Crippen molar-refractivity contribution in [3.63, 3.8) is 0 Å². The number of rotatable bonds is 9. The molecule has 0 atom stereocenters. The number of hydrogen-bond acceptors (Lipinski definition) is 3. The Bertz CT molecular complexity index is 878. The zero-order valence-corrected chi connectivity index (χ0v) is 17.8. The summed E-state index contributed by atoms with van der Waals surface area (Å²) in [6.07, 6.45) is 5.81. The molecule has 152 valence electrons. The third kappa shape index (κ3) is 7.35. The van der Waals surface area contributed by atoms with Gasteiger partial charge in [0.05, 0.1) is 4.90 Å². The zero-order valence-electron chi connectivity index (χ0n) is 17.0. The predicted octanol–water partition coefficient (Wildman–Crippen LogP) is 3.48. The number of nitrogens with one attached hydrogen (secondary N) is 2. The van der Waals surface area contributed by atoms with Crippen LogP contribution in [0.2, 0.25) is 0 Å². The second kappa shape index (κ2) is 10.9. The summed E-state index contributed by atoms with van der Waals surface area (Å²) in [5.74, 6) is 0.757. The van der Waals surface area contributed by atoms with Gasteiger partial charge in [-0.3, -0.25) is 4.99 Å². The van der Waals surface area contributed by atoms with Crippen LogP contribution in [0.5, 0.6) is 0 Å². The van der Waals surface area contributed by atoms with Crippen LogP contribution in [0.3, 0.4) is 0 Å². The molecule has 0 heterocycles. The van der Waals surface area contributed by atoms with E-state index in [-0.39, 0.29) is 0 Å². The van der Waals surface area contributed by atoms with Crippen LogP contribution in [0.1, 0.15) is 36.0 Å². The van der Waals surface area contributed by atoms with E-state index in [0.717, 1.165) is 36.5 Å². The Hall–Kier alpha value is -2.34. The van der Waals surface area contributed by atoms with Gasteiger partial charge in [-0.05, 0) is 48.9 Å². The van der Waals surface area contributed by atoms with Gasteiger partial charge in [0.25, 0.3) is 0 Å². The largest absolute Gasteiger partial charge is 0.356 e. The molecule has 6 heteroatoms. The van der Waals surface area contributed by atoms with Gasteiger partial charge in [0, 0.05) is 26.4 Å². The number of sulfone groups is 1. The summed E-state index contributed by atoms with van der Waals surface area (Å²) in [4.78, 5) is 4.63. The van der Waals surface area contributed by atoms with Crippen LogP contribution in [0.4, 0.5) is 0 Å². The monoisotopic (exact) mass is 401 g/mol. The molecule has 5 nitrogen and oxygen atoms in total. The normalized spacial score (nSPS) is 12.0. The quantitative estimate of drug-likeness (QED) is 0.383. The molecule has 0 saturated heterocycles. The molecule has 0 saturated carbocycles. The molecule has 0 radical (unpaired) electrons. The molecule has 0 bridgehead atoms. The van der Waals surface area contributed by atoms with Gasteiger partial charge in [0.1, 0.15) is 0 Å². The van der Waals surface area contributed by atoms with Gasteiger partial charge in [-0.15, -0.1) is 0 Å². The summed E-state index contributed by atoms with van der Waals surface area (Å²) in [6, 6.07) is 16.0. The summed E-state index contributed by atoms with van der Waals surface area (Å²) < 4.78 is 23.4. The van der Waals surface area contributed by atoms with Crippen LogP contribution in [0, 0.1) is 6.92 Å². The zero-order chi connectivity index (χ0) is 20.4. The Morgan fingerprint density at radius 1 is 0.964 bits per heavy atom. The highest BCUT2D eigenvalue weighted by atomic mass is 32.2. The molecule has 28 heavy (non-hydrogen) atoms. The lowest BCUT2D eigenvalue weighted by molar-refractivity contribution is 0.601. The highest BCUT2D eigenvalue weighted by Crippen LogP contribution is 2.16. The second-order valence-corrected chi connectivity index (χ2v) is 9.00. The average Bonchev–Trinajstić information content (AvgIpc) is 2.66. The molecular weight excluding hydrogens is 370 g/mol. The maximum atomic E-state index is 11.7. The third-order valence-corrected chi connectivity index (χ3v) is 5.86. The van der Waals surface area contributed by atoms with Crippen molar-refractivity contribution in [2.45, 2.75) is 44.0 Å². The van der Waals surface area contributed by atoms with Crippen LogP contribution < -0.4 is 10.6 Å². The maximum Gasteiger partial charge on any atom is 0.191 e. The van der Waals surface area contributed by atoms with Gasteiger partial charge in [0.2, 0.25) is 0 Å². The number of benzene rings is 2. The molecule has 0 amide bonds. The highest BCUT2D eigenvalue weighted by Gasteiger charge is 2.10. The summed E-state index contributed by atoms with van der Waals surface area (Å²) in [5.41, 5.74) is 3.18. The number of unbranched alkanes of at least 4 members (excludes halogenated alkanes) is 2. The first kappa shape index (κ1) is 22.0. The van der Waals surface area contributed by atoms with Gasteiger partial charge in [-0.1, -0.05) is 48.9 Å². The molecule has 0 unspecified atom stereocenters. The van der Waals surface area contributed by atoms with E-state index in [1.54, 1.807) is 13.1 Å². The van der Waals surface area contributed by atoms with Gasteiger partial charge in [0.15, 0.2) is 15.8 Å². The molecule has 2 aromatic rings. The minimum atomic E-state index is -3.18. The van der Waals surface area contributed by atoms with Crippen molar-refractivity contribution < 1.29 is 8.42 Å². The Morgan fingerprint density at radius 2 is 1.71 bits per heavy atom. The van der Waals surface area contributed by atoms with Crippen molar-refractivity contribution in [3.8, 4) is 0 Å². The van der Waals surface area contributed by atoms with E-state index in [1.165, 1.54) is 24.7 Å². The highest BCUT2D eigenvalue weighted by molar-refractivity contribution is 7.90. The van der Waals surface area contributed by atoms with Crippen LogP contribution in [-0.4, -0.2) is 34.2 Å². The molecule has 0 aromatic heterocycles. The van der Waals surface area contributed by atoms with Crippen LogP contribution in [-0.2, 0) is 22.8 Å². The van der Waals surface area contributed by atoms with Crippen molar-refractivity contribution in [3.05, 3.63) is 65.2 Å².